The van der Waals surface area contributed by atoms with Crippen LogP contribution in [0.5, 0.6) is 0 Å². The molecule has 4 heteroatoms. The molecule has 0 unspecified atom stereocenters. The molecule has 3 nitrogen and oxygen atoms in total. The molecule has 1 aromatic heterocycles. The van der Waals surface area contributed by atoms with E-state index in [0.717, 1.165) is 13.0 Å². The fourth-order valence-corrected chi connectivity index (χ4v) is 2.04. The SMILES string of the molecule is COC(=O)CNCCc1sccc1C. The van der Waals surface area contributed by atoms with Gasteiger partial charge in [-0.25, -0.2) is 0 Å². The first-order valence-corrected chi connectivity index (χ1v) is 5.42. The molecule has 14 heavy (non-hydrogen) atoms. The van der Waals surface area contributed by atoms with Crippen molar-refractivity contribution >= 4 is 17.3 Å². The van der Waals surface area contributed by atoms with Gasteiger partial charge in [0.15, 0.2) is 0 Å². The summed E-state index contributed by atoms with van der Waals surface area (Å²) in [5.41, 5.74) is 1.33. The molecule has 0 saturated heterocycles. The van der Waals surface area contributed by atoms with Gasteiger partial charge in [0, 0.05) is 11.4 Å². The van der Waals surface area contributed by atoms with Crippen molar-refractivity contribution in [1.29, 1.82) is 0 Å². The Bertz CT molecular complexity index is 296. The van der Waals surface area contributed by atoms with Crippen LogP contribution in [0.25, 0.3) is 0 Å². The Morgan fingerprint density at radius 1 is 1.64 bits per heavy atom. The number of esters is 1. The van der Waals surface area contributed by atoms with E-state index >= 15 is 0 Å². The number of nitrogens with one attached hydrogen (secondary N) is 1. The third-order valence-electron chi connectivity index (χ3n) is 1.99. The lowest BCUT2D eigenvalue weighted by Crippen LogP contribution is -2.25. The van der Waals surface area contributed by atoms with E-state index in [-0.39, 0.29) is 5.97 Å². The van der Waals surface area contributed by atoms with Crippen molar-refractivity contribution < 1.29 is 9.53 Å². The van der Waals surface area contributed by atoms with Gasteiger partial charge in [0.05, 0.1) is 13.7 Å². The second-order valence-electron chi connectivity index (χ2n) is 3.03. The van der Waals surface area contributed by atoms with Crippen molar-refractivity contribution in [3.05, 3.63) is 21.9 Å². The molecule has 0 aliphatic rings. The number of carbonyl (C=O) groups excluding carboxylic acids is 1. The molecule has 1 heterocycles. The summed E-state index contributed by atoms with van der Waals surface area (Å²) in [6.07, 6.45) is 0.973. The zero-order chi connectivity index (χ0) is 10.4. The number of methoxy groups -OCH3 is 1. The van der Waals surface area contributed by atoms with Crippen molar-refractivity contribution in [2.24, 2.45) is 0 Å². The highest BCUT2D eigenvalue weighted by Crippen LogP contribution is 2.15. The van der Waals surface area contributed by atoms with Crippen LogP contribution < -0.4 is 5.32 Å². The van der Waals surface area contributed by atoms with E-state index in [2.05, 4.69) is 28.4 Å². The molecule has 0 aliphatic heterocycles. The van der Waals surface area contributed by atoms with Crippen molar-refractivity contribution in [2.45, 2.75) is 13.3 Å². The van der Waals surface area contributed by atoms with Crippen LogP contribution in [0, 0.1) is 6.92 Å². The Hall–Kier alpha value is -0.870. The number of ether oxygens (including phenoxy) is 1. The summed E-state index contributed by atoms with van der Waals surface area (Å²) in [6.45, 7) is 3.21. The van der Waals surface area contributed by atoms with Gasteiger partial charge in [0.2, 0.25) is 0 Å². The highest BCUT2D eigenvalue weighted by Gasteiger charge is 2.01. The Morgan fingerprint density at radius 3 is 3.00 bits per heavy atom. The number of hydrogen-bond acceptors (Lipinski definition) is 4. The number of thiophene rings is 1. The predicted molar refractivity (Wildman–Crippen MR) is 57.6 cm³/mol. The number of hydrogen-bond donors (Lipinski definition) is 1. The van der Waals surface area contributed by atoms with Gasteiger partial charge < -0.3 is 10.1 Å². The van der Waals surface area contributed by atoms with Crippen molar-refractivity contribution in [2.75, 3.05) is 20.2 Å². The predicted octanol–water partition coefficient (Wildman–Crippen LogP) is 1.36. The van der Waals surface area contributed by atoms with Gasteiger partial charge in [-0.05, 0) is 30.4 Å². The first kappa shape index (κ1) is 11.2. The third-order valence-corrected chi connectivity index (χ3v) is 3.08. The molecule has 1 rings (SSSR count). The standard InChI is InChI=1S/C10H15NO2S/c1-8-4-6-14-9(8)3-5-11-7-10(12)13-2/h4,6,11H,3,5,7H2,1-2H3. The monoisotopic (exact) mass is 213 g/mol. The molecule has 0 radical (unpaired) electrons. The Balaban J connectivity index is 2.16. The second kappa shape index (κ2) is 5.78. The van der Waals surface area contributed by atoms with Gasteiger partial charge in [-0.15, -0.1) is 11.3 Å². The summed E-state index contributed by atoms with van der Waals surface area (Å²) < 4.78 is 4.51. The number of rotatable bonds is 5. The normalized spacial score (nSPS) is 10.1. The maximum atomic E-state index is 10.8. The molecule has 0 aliphatic carbocycles. The highest BCUT2D eigenvalue weighted by molar-refractivity contribution is 7.10. The van der Waals surface area contributed by atoms with E-state index in [1.807, 2.05) is 0 Å². The largest absolute Gasteiger partial charge is 0.468 e. The maximum absolute atomic E-state index is 10.8. The minimum Gasteiger partial charge on any atom is -0.468 e. The van der Waals surface area contributed by atoms with Crippen molar-refractivity contribution in [3.63, 3.8) is 0 Å². The van der Waals surface area contributed by atoms with Crippen LogP contribution in [0.15, 0.2) is 11.4 Å². The van der Waals surface area contributed by atoms with Gasteiger partial charge in [0.1, 0.15) is 0 Å². The van der Waals surface area contributed by atoms with E-state index in [1.54, 1.807) is 11.3 Å². The second-order valence-corrected chi connectivity index (χ2v) is 4.03. The van der Waals surface area contributed by atoms with Gasteiger partial charge in [0.25, 0.3) is 0 Å². The maximum Gasteiger partial charge on any atom is 0.319 e. The van der Waals surface area contributed by atoms with E-state index in [1.165, 1.54) is 17.6 Å². The fourth-order valence-electron chi connectivity index (χ4n) is 1.12. The van der Waals surface area contributed by atoms with E-state index in [9.17, 15) is 4.79 Å². The van der Waals surface area contributed by atoms with Gasteiger partial charge in [-0.2, -0.15) is 0 Å². The Kier molecular flexibility index (Phi) is 4.62. The van der Waals surface area contributed by atoms with Crippen molar-refractivity contribution in [3.8, 4) is 0 Å². The first-order valence-electron chi connectivity index (χ1n) is 4.54. The Morgan fingerprint density at radius 2 is 2.43 bits per heavy atom. The summed E-state index contributed by atoms with van der Waals surface area (Å²) in [6, 6.07) is 2.11. The van der Waals surface area contributed by atoms with Crippen LogP contribution in [-0.4, -0.2) is 26.2 Å². The zero-order valence-electron chi connectivity index (χ0n) is 8.50. The summed E-state index contributed by atoms with van der Waals surface area (Å²) in [4.78, 5) is 12.1. The molecular weight excluding hydrogens is 198 g/mol. The van der Waals surface area contributed by atoms with Gasteiger partial charge in [-0.3, -0.25) is 4.79 Å². The van der Waals surface area contributed by atoms with Crippen LogP contribution in [0.4, 0.5) is 0 Å². The van der Waals surface area contributed by atoms with E-state index in [4.69, 9.17) is 0 Å². The van der Waals surface area contributed by atoms with Crippen LogP contribution in [0.2, 0.25) is 0 Å². The van der Waals surface area contributed by atoms with Crippen molar-refractivity contribution in [1.82, 2.24) is 5.32 Å². The number of carbonyl (C=O) groups is 1. The molecule has 0 spiro atoms. The Labute approximate surface area is 88.1 Å². The van der Waals surface area contributed by atoms with Gasteiger partial charge in [-0.1, -0.05) is 0 Å². The van der Waals surface area contributed by atoms with Gasteiger partial charge >= 0.3 is 5.97 Å². The van der Waals surface area contributed by atoms with Crippen LogP contribution in [-0.2, 0) is 16.0 Å². The molecule has 0 saturated carbocycles. The summed E-state index contributed by atoms with van der Waals surface area (Å²) in [5.74, 6) is -0.215. The minimum atomic E-state index is -0.215. The first-order chi connectivity index (χ1) is 6.74. The van der Waals surface area contributed by atoms with E-state index in [0.29, 0.717) is 6.54 Å². The van der Waals surface area contributed by atoms with E-state index < -0.39 is 0 Å². The summed E-state index contributed by atoms with van der Waals surface area (Å²) >= 11 is 1.76. The molecule has 78 valence electrons. The summed E-state index contributed by atoms with van der Waals surface area (Å²) in [5, 5.41) is 5.12. The lowest BCUT2D eigenvalue weighted by atomic mass is 10.2. The average molecular weight is 213 g/mol. The highest BCUT2D eigenvalue weighted by atomic mass is 32.1. The smallest absolute Gasteiger partial charge is 0.319 e. The quantitative estimate of drug-likeness (QED) is 0.593. The third kappa shape index (κ3) is 3.47. The molecule has 0 atom stereocenters. The van der Waals surface area contributed by atoms with Crippen LogP contribution in [0.3, 0.4) is 0 Å². The molecule has 0 fully saturated rings. The lowest BCUT2D eigenvalue weighted by molar-refractivity contribution is -0.139. The topological polar surface area (TPSA) is 38.3 Å². The minimum absolute atomic E-state index is 0.215. The fraction of sp³-hybridized carbons (Fsp3) is 0.500. The molecule has 0 bridgehead atoms. The lowest BCUT2D eigenvalue weighted by Gasteiger charge is -2.02. The van der Waals surface area contributed by atoms with Crippen LogP contribution in [0.1, 0.15) is 10.4 Å². The van der Waals surface area contributed by atoms with Crippen LogP contribution >= 0.6 is 11.3 Å². The molecule has 0 amide bonds. The molecule has 1 aromatic rings. The summed E-state index contributed by atoms with van der Waals surface area (Å²) in [7, 11) is 1.40. The molecular formula is C10H15NO2S. The number of aryl methyl sites for hydroxylation is 1. The average Bonchev–Trinajstić information content (AvgIpc) is 2.58. The molecule has 0 aromatic carbocycles. The molecule has 1 N–H and O–H groups in total. The zero-order valence-corrected chi connectivity index (χ0v) is 9.32.